The first kappa shape index (κ1) is 22.2. The third-order valence-corrected chi connectivity index (χ3v) is 5.37. The molecule has 1 aromatic heterocycles. The summed E-state index contributed by atoms with van der Waals surface area (Å²) >= 11 is 1.69. The van der Waals surface area contributed by atoms with Gasteiger partial charge < -0.3 is 14.2 Å². The smallest absolute Gasteiger partial charge is 0.145 e. The van der Waals surface area contributed by atoms with Crippen LogP contribution >= 0.6 is 11.3 Å². The molecule has 0 aliphatic rings. The Morgan fingerprint density at radius 3 is 2.70 bits per heavy atom. The van der Waals surface area contributed by atoms with Crippen molar-refractivity contribution in [1.29, 1.82) is 0 Å². The molecule has 0 fully saturated rings. The van der Waals surface area contributed by atoms with Gasteiger partial charge in [-0.15, -0.1) is 11.3 Å². The molecule has 3 rings (SSSR count). The van der Waals surface area contributed by atoms with Gasteiger partial charge in [-0.25, -0.2) is 4.98 Å². The molecule has 0 spiro atoms. The van der Waals surface area contributed by atoms with Crippen LogP contribution in [0.4, 0.5) is 5.69 Å². The van der Waals surface area contributed by atoms with Gasteiger partial charge in [0.25, 0.3) is 0 Å². The number of aromatic nitrogens is 1. The second kappa shape index (κ2) is 11.6. The van der Waals surface area contributed by atoms with Gasteiger partial charge in [0.1, 0.15) is 23.1 Å². The van der Waals surface area contributed by atoms with Gasteiger partial charge in [0.15, 0.2) is 0 Å². The minimum Gasteiger partial charge on any atom is -0.489 e. The summed E-state index contributed by atoms with van der Waals surface area (Å²) in [7, 11) is 0. The fraction of sp³-hybridized carbons (Fsp3) is 0.333. The number of hydrogen-bond acceptors (Lipinski definition) is 6. The molecular formula is C24H28N2O3S. The first-order valence-corrected chi connectivity index (χ1v) is 11.0. The molecule has 5 nitrogen and oxygen atoms in total. The number of allylic oxidation sites excluding steroid dienone is 2. The molecule has 158 valence electrons. The Morgan fingerprint density at radius 1 is 1.03 bits per heavy atom. The Balaban J connectivity index is 1.74. The normalized spacial score (nSPS) is 11.8. The van der Waals surface area contributed by atoms with Crippen molar-refractivity contribution in [3.05, 3.63) is 54.1 Å². The summed E-state index contributed by atoms with van der Waals surface area (Å²) in [5.41, 5.74) is 4.06. The van der Waals surface area contributed by atoms with Crippen molar-refractivity contribution < 1.29 is 14.2 Å². The molecular weight excluding hydrogens is 396 g/mol. The van der Waals surface area contributed by atoms with Gasteiger partial charge in [-0.3, -0.25) is 4.99 Å². The highest BCUT2D eigenvalue weighted by molar-refractivity contribution is 7.21. The second-order valence-corrected chi connectivity index (χ2v) is 7.67. The SMILES string of the molecule is C/C=C/C=Nc1cc(-c2nc3ccc(C)cc3s2)ccc1OCCOCCOCC. The maximum absolute atomic E-state index is 5.92. The van der Waals surface area contributed by atoms with Crippen molar-refractivity contribution in [2.45, 2.75) is 20.8 Å². The number of nitrogens with zero attached hydrogens (tertiary/aromatic N) is 2. The lowest BCUT2D eigenvalue weighted by Crippen LogP contribution is -2.10. The van der Waals surface area contributed by atoms with E-state index < -0.39 is 0 Å². The zero-order chi connectivity index (χ0) is 21.2. The molecule has 0 bridgehead atoms. The monoisotopic (exact) mass is 424 g/mol. The van der Waals surface area contributed by atoms with Crippen LogP contribution in [0.2, 0.25) is 0 Å². The van der Waals surface area contributed by atoms with E-state index in [1.807, 2.05) is 44.2 Å². The highest BCUT2D eigenvalue weighted by Crippen LogP contribution is 2.36. The minimum absolute atomic E-state index is 0.456. The molecule has 0 saturated heterocycles. The lowest BCUT2D eigenvalue weighted by Gasteiger charge is -2.10. The fourth-order valence-electron chi connectivity index (χ4n) is 2.81. The maximum Gasteiger partial charge on any atom is 0.145 e. The highest BCUT2D eigenvalue weighted by Gasteiger charge is 2.10. The van der Waals surface area contributed by atoms with Crippen LogP contribution in [-0.4, -0.2) is 44.2 Å². The maximum atomic E-state index is 5.92. The molecule has 0 amide bonds. The minimum atomic E-state index is 0.456. The quantitative estimate of drug-likeness (QED) is 0.281. The summed E-state index contributed by atoms with van der Waals surface area (Å²) in [5.74, 6) is 0.727. The van der Waals surface area contributed by atoms with E-state index >= 15 is 0 Å². The third kappa shape index (κ3) is 6.23. The van der Waals surface area contributed by atoms with E-state index in [2.05, 4.69) is 30.1 Å². The summed E-state index contributed by atoms with van der Waals surface area (Å²) < 4.78 is 17.9. The second-order valence-electron chi connectivity index (χ2n) is 6.63. The largest absolute Gasteiger partial charge is 0.489 e. The number of benzene rings is 2. The first-order valence-electron chi connectivity index (χ1n) is 10.2. The van der Waals surface area contributed by atoms with Gasteiger partial charge in [0.05, 0.1) is 30.0 Å². The van der Waals surface area contributed by atoms with Crippen molar-refractivity contribution in [1.82, 2.24) is 4.98 Å². The predicted molar refractivity (Wildman–Crippen MR) is 126 cm³/mol. The summed E-state index contributed by atoms with van der Waals surface area (Å²) in [6.07, 6.45) is 5.61. The third-order valence-electron chi connectivity index (χ3n) is 4.30. The Bertz CT molecular complexity index is 1010. The molecule has 2 aromatic carbocycles. The molecule has 0 atom stereocenters. The lowest BCUT2D eigenvalue weighted by molar-refractivity contribution is 0.0405. The van der Waals surface area contributed by atoms with E-state index in [1.54, 1.807) is 17.6 Å². The van der Waals surface area contributed by atoms with Crippen LogP contribution in [0.3, 0.4) is 0 Å². The lowest BCUT2D eigenvalue weighted by atomic mass is 10.2. The van der Waals surface area contributed by atoms with Gasteiger partial charge in [0.2, 0.25) is 0 Å². The van der Waals surface area contributed by atoms with Crippen LogP contribution in [0.25, 0.3) is 20.8 Å². The van der Waals surface area contributed by atoms with Crippen molar-refractivity contribution in [3.63, 3.8) is 0 Å². The molecule has 0 radical (unpaired) electrons. The molecule has 3 aromatic rings. The Kier molecular flexibility index (Phi) is 8.56. The zero-order valence-electron chi connectivity index (χ0n) is 17.8. The van der Waals surface area contributed by atoms with Crippen LogP contribution < -0.4 is 4.74 Å². The van der Waals surface area contributed by atoms with Crippen molar-refractivity contribution >= 4 is 33.5 Å². The standard InChI is InChI=1S/C24H28N2O3S/c1-4-6-11-25-21-17-19(24-26-20-9-7-18(3)16-23(20)30-24)8-10-22(21)29-15-14-28-13-12-27-5-2/h4,6-11,16-17H,5,12-15H2,1-3H3/b6-4+,25-11?. The number of aliphatic imine (C=N–C) groups is 1. The highest BCUT2D eigenvalue weighted by atomic mass is 32.1. The predicted octanol–water partition coefficient (Wildman–Crippen LogP) is 5.98. The van der Waals surface area contributed by atoms with Crippen LogP contribution in [0.1, 0.15) is 19.4 Å². The number of thiazole rings is 1. The summed E-state index contributed by atoms with van der Waals surface area (Å²) in [4.78, 5) is 9.35. The molecule has 0 N–H and O–H groups in total. The average Bonchev–Trinajstić information content (AvgIpc) is 3.17. The Labute approximate surface area is 182 Å². The molecule has 0 saturated carbocycles. The fourth-order valence-corrected chi connectivity index (χ4v) is 3.87. The molecule has 6 heteroatoms. The summed E-state index contributed by atoms with van der Waals surface area (Å²) in [6, 6.07) is 12.3. The zero-order valence-corrected chi connectivity index (χ0v) is 18.6. The van der Waals surface area contributed by atoms with E-state index in [4.69, 9.17) is 19.2 Å². The van der Waals surface area contributed by atoms with Gasteiger partial charge in [-0.05, 0) is 62.7 Å². The number of rotatable bonds is 11. The Morgan fingerprint density at radius 2 is 1.87 bits per heavy atom. The van der Waals surface area contributed by atoms with Crippen LogP contribution in [-0.2, 0) is 9.47 Å². The van der Waals surface area contributed by atoms with E-state index in [0.717, 1.165) is 27.5 Å². The van der Waals surface area contributed by atoms with E-state index in [0.29, 0.717) is 33.0 Å². The van der Waals surface area contributed by atoms with Gasteiger partial charge in [0, 0.05) is 18.4 Å². The molecule has 1 heterocycles. The van der Waals surface area contributed by atoms with Crippen molar-refractivity contribution in [2.24, 2.45) is 4.99 Å². The molecule has 30 heavy (non-hydrogen) atoms. The summed E-state index contributed by atoms with van der Waals surface area (Å²) in [5, 5.41) is 0.976. The van der Waals surface area contributed by atoms with Gasteiger partial charge in [-0.2, -0.15) is 0 Å². The van der Waals surface area contributed by atoms with Crippen LogP contribution in [0.5, 0.6) is 5.75 Å². The average molecular weight is 425 g/mol. The summed E-state index contributed by atoms with van der Waals surface area (Å²) in [6.45, 7) is 8.86. The number of aryl methyl sites for hydroxylation is 1. The molecule has 0 aliphatic heterocycles. The number of fused-ring (bicyclic) bond motifs is 1. The topological polar surface area (TPSA) is 52.9 Å². The first-order chi connectivity index (χ1) is 14.7. The number of hydrogen-bond donors (Lipinski definition) is 0. The van der Waals surface area contributed by atoms with Crippen LogP contribution in [0.15, 0.2) is 53.5 Å². The van der Waals surface area contributed by atoms with E-state index in [9.17, 15) is 0 Å². The molecule has 0 unspecified atom stereocenters. The van der Waals surface area contributed by atoms with Gasteiger partial charge in [-0.1, -0.05) is 12.1 Å². The van der Waals surface area contributed by atoms with E-state index in [-0.39, 0.29) is 0 Å². The van der Waals surface area contributed by atoms with Crippen molar-refractivity contribution in [3.8, 4) is 16.3 Å². The van der Waals surface area contributed by atoms with Crippen molar-refractivity contribution in [2.75, 3.05) is 33.0 Å². The van der Waals surface area contributed by atoms with E-state index in [1.165, 1.54) is 10.3 Å². The van der Waals surface area contributed by atoms with Gasteiger partial charge >= 0.3 is 0 Å². The van der Waals surface area contributed by atoms with Crippen LogP contribution in [0, 0.1) is 6.92 Å². The Hall–Kier alpha value is -2.54. The number of ether oxygens (including phenoxy) is 3. The molecule has 0 aliphatic carbocycles.